The van der Waals surface area contributed by atoms with Crippen molar-refractivity contribution in [2.75, 3.05) is 18.8 Å². The molecule has 3 amide bonds. The van der Waals surface area contributed by atoms with Gasteiger partial charge in [0.05, 0.1) is 23.5 Å². The summed E-state index contributed by atoms with van der Waals surface area (Å²) in [5, 5.41) is -0.204. The number of thioether (sulfide) groups is 1. The number of likely N-dealkylation sites (tertiary alicyclic amines) is 1. The van der Waals surface area contributed by atoms with E-state index in [0.717, 1.165) is 29.0 Å². The van der Waals surface area contributed by atoms with E-state index in [-0.39, 0.29) is 28.8 Å². The second kappa shape index (κ2) is 5.57. The zero-order chi connectivity index (χ0) is 16.0. The lowest BCUT2D eigenvalue weighted by molar-refractivity contribution is -0.126. The van der Waals surface area contributed by atoms with Crippen molar-refractivity contribution in [1.29, 1.82) is 0 Å². The zero-order valence-corrected chi connectivity index (χ0v) is 13.6. The van der Waals surface area contributed by atoms with Crippen LogP contribution in [0.25, 0.3) is 11.0 Å². The van der Waals surface area contributed by atoms with Crippen LogP contribution in [0.3, 0.4) is 0 Å². The molecule has 1 atom stereocenters. The summed E-state index contributed by atoms with van der Waals surface area (Å²) < 4.78 is 8.27. The second-order valence-corrected chi connectivity index (χ2v) is 6.93. The largest absolute Gasteiger partial charge is 0.336 e. The van der Waals surface area contributed by atoms with Gasteiger partial charge in [-0.25, -0.2) is 0 Å². The highest BCUT2D eigenvalue weighted by atomic mass is 32.2. The van der Waals surface area contributed by atoms with Crippen molar-refractivity contribution in [2.24, 2.45) is 0 Å². The van der Waals surface area contributed by atoms with Crippen LogP contribution in [0.5, 0.6) is 0 Å². The number of carbonyl (C=O) groups is 3. The highest BCUT2D eigenvalue weighted by Gasteiger charge is 2.40. The second-order valence-electron chi connectivity index (χ2n) is 5.48. The molecule has 9 heteroatoms. The number of nitrogens with zero attached hydrogens (tertiary/aromatic N) is 4. The van der Waals surface area contributed by atoms with Gasteiger partial charge in [0.25, 0.3) is 11.1 Å². The molecule has 118 valence electrons. The molecule has 2 aliphatic rings. The fraction of sp³-hybridized carbons (Fsp3) is 0.357. The normalized spacial score (nSPS) is 21.7. The van der Waals surface area contributed by atoms with Crippen LogP contribution in [0.2, 0.25) is 0 Å². The minimum Gasteiger partial charge on any atom is -0.336 e. The maximum atomic E-state index is 12.6. The molecule has 0 bridgehead atoms. The number of benzene rings is 1. The van der Waals surface area contributed by atoms with Gasteiger partial charge in [0.1, 0.15) is 11.0 Å². The van der Waals surface area contributed by atoms with Crippen molar-refractivity contribution < 1.29 is 14.4 Å². The van der Waals surface area contributed by atoms with Gasteiger partial charge in [-0.3, -0.25) is 19.3 Å². The molecule has 2 fully saturated rings. The Balaban J connectivity index is 1.51. The monoisotopic (exact) mass is 348 g/mol. The Morgan fingerprint density at radius 1 is 1.22 bits per heavy atom. The summed E-state index contributed by atoms with van der Waals surface area (Å²) in [7, 11) is 0. The van der Waals surface area contributed by atoms with Gasteiger partial charge >= 0.3 is 0 Å². The number of carbonyl (C=O) groups excluding carboxylic acids is 3. The Labute approximate surface area is 140 Å². The van der Waals surface area contributed by atoms with E-state index in [2.05, 4.69) is 8.75 Å². The summed E-state index contributed by atoms with van der Waals surface area (Å²) in [6, 6.07) is 5.04. The fourth-order valence-electron chi connectivity index (χ4n) is 2.95. The summed E-state index contributed by atoms with van der Waals surface area (Å²) in [5.41, 5.74) is 2.04. The molecule has 1 aromatic heterocycles. The Morgan fingerprint density at radius 3 is 2.83 bits per heavy atom. The van der Waals surface area contributed by atoms with E-state index in [0.29, 0.717) is 30.6 Å². The average Bonchev–Trinajstić information content (AvgIpc) is 3.26. The van der Waals surface area contributed by atoms with Gasteiger partial charge in [-0.2, -0.15) is 8.75 Å². The molecule has 0 aliphatic carbocycles. The van der Waals surface area contributed by atoms with Crippen LogP contribution < -0.4 is 0 Å². The molecule has 0 saturated carbocycles. The smallest absolute Gasteiger partial charge is 0.289 e. The first-order valence-corrected chi connectivity index (χ1v) is 8.85. The number of hydrogen-bond acceptors (Lipinski definition) is 7. The Morgan fingerprint density at radius 2 is 2.04 bits per heavy atom. The van der Waals surface area contributed by atoms with Gasteiger partial charge in [-0.05, 0) is 24.6 Å². The molecule has 4 rings (SSSR count). The Kier molecular flexibility index (Phi) is 3.53. The minimum atomic E-state index is -0.210. The van der Waals surface area contributed by atoms with Crippen molar-refractivity contribution in [2.45, 2.75) is 12.5 Å². The molecule has 3 heterocycles. The molecule has 2 aliphatic heterocycles. The Hall–Kier alpha value is -2.00. The number of rotatable bonds is 2. The summed E-state index contributed by atoms with van der Waals surface area (Å²) >= 11 is 2.14. The first-order valence-electron chi connectivity index (χ1n) is 7.14. The lowest BCUT2D eigenvalue weighted by Gasteiger charge is -2.21. The van der Waals surface area contributed by atoms with Crippen molar-refractivity contribution in [1.82, 2.24) is 18.5 Å². The van der Waals surface area contributed by atoms with Gasteiger partial charge in [0, 0.05) is 18.7 Å². The SMILES string of the molecule is O=C(c1ccc2nsnc2c1)N1CCC(N2C(=O)CSC2=O)C1. The molecule has 1 aromatic carbocycles. The third-order valence-electron chi connectivity index (χ3n) is 4.10. The van der Waals surface area contributed by atoms with Gasteiger partial charge in [0.15, 0.2) is 0 Å². The van der Waals surface area contributed by atoms with Crippen LogP contribution in [0.4, 0.5) is 4.79 Å². The predicted octanol–water partition coefficient (Wildman–Crippen LogP) is 1.60. The van der Waals surface area contributed by atoms with Crippen LogP contribution in [0, 0.1) is 0 Å². The van der Waals surface area contributed by atoms with E-state index < -0.39 is 0 Å². The first-order chi connectivity index (χ1) is 11.1. The number of fused-ring (bicyclic) bond motifs is 1. The molecular formula is C14H12N4O3S2. The van der Waals surface area contributed by atoms with E-state index in [1.54, 1.807) is 23.1 Å². The van der Waals surface area contributed by atoms with Crippen molar-refractivity contribution in [3.63, 3.8) is 0 Å². The molecule has 23 heavy (non-hydrogen) atoms. The quantitative estimate of drug-likeness (QED) is 0.820. The van der Waals surface area contributed by atoms with Gasteiger partial charge in [-0.15, -0.1) is 0 Å². The third kappa shape index (κ3) is 2.49. The van der Waals surface area contributed by atoms with Crippen LogP contribution in [0.1, 0.15) is 16.8 Å². The van der Waals surface area contributed by atoms with E-state index in [1.807, 2.05) is 0 Å². The molecule has 0 N–H and O–H groups in total. The average molecular weight is 348 g/mol. The predicted molar refractivity (Wildman–Crippen MR) is 86.4 cm³/mol. The lowest BCUT2D eigenvalue weighted by atomic mass is 10.2. The molecule has 2 aromatic rings. The third-order valence-corrected chi connectivity index (χ3v) is 5.49. The van der Waals surface area contributed by atoms with Crippen LogP contribution in [-0.2, 0) is 4.79 Å². The van der Waals surface area contributed by atoms with Crippen LogP contribution >= 0.6 is 23.5 Å². The standard InChI is InChI=1S/C14H12N4O3S2/c19-12-7-22-14(21)18(12)9-3-4-17(6-9)13(20)8-1-2-10-11(5-8)16-23-15-10/h1-2,5,9H,3-4,6-7H2. The molecule has 0 radical (unpaired) electrons. The minimum absolute atomic E-state index is 0.103. The van der Waals surface area contributed by atoms with Crippen molar-refractivity contribution in [3.8, 4) is 0 Å². The highest BCUT2D eigenvalue weighted by Crippen LogP contribution is 2.27. The van der Waals surface area contributed by atoms with Gasteiger partial charge in [0.2, 0.25) is 5.91 Å². The summed E-state index contributed by atoms with van der Waals surface area (Å²) in [4.78, 5) is 39.2. The van der Waals surface area contributed by atoms with Gasteiger partial charge in [-0.1, -0.05) is 11.8 Å². The summed E-state index contributed by atoms with van der Waals surface area (Å²) in [6.45, 7) is 0.933. The van der Waals surface area contributed by atoms with Crippen LogP contribution in [0.15, 0.2) is 18.2 Å². The molecule has 7 nitrogen and oxygen atoms in total. The maximum absolute atomic E-state index is 12.6. The molecule has 0 spiro atoms. The first kappa shape index (κ1) is 14.6. The van der Waals surface area contributed by atoms with Crippen LogP contribution in [-0.4, -0.2) is 60.5 Å². The molecular weight excluding hydrogens is 336 g/mol. The molecule has 1 unspecified atom stereocenters. The van der Waals surface area contributed by atoms with E-state index in [1.165, 1.54) is 4.90 Å². The fourth-order valence-corrected chi connectivity index (χ4v) is 4.25. The van der Waals surface area contributed by atoms with Crippen molar-refractivity contribution >= 4 is 51.6 Å². The number of amides is 3. The number of aromatic nitrogens is 2. The van der Waals surface area contributed by atoms with Gasteiger partial charge < -0.3 is 4.90 Å². The van der Waals surface area contributed by atoms with E-state index in [9.17, 15) is 14.4 Å². The Bertz CT molecular complexity index is 805. The number of imide groups is 1. The lowest BCUT2D eigenvalue weighted by Crippen LogP contribution is -2.41. The highest BCUT2D eigenvalue weighted by molar-refractivity contribution is 8.14. The van der Waals surface area contributed by atoms with E-state index in [4.69, 9.17) is 0 Å². The topological polar surface area (TPSA) is 83.5 Å². The summed E-state index contributed by atoms with van der Waals surface area (Å²) in [5.74, 6) is -0.0556. The van der Waals surface area contributed by atoms with E-state index >= 15 is 0 Å². The summed E-state index contributed by atoms with van der Waals surface area (Å²) in [6.07, 6.45) is 0.629. The number of hydrogen-bond donors (Lipinski definition) is 0. The van der Waals surface area contributed by atoms with Crippen molar-refractivity contribution in [3.05, 3.63) is 23.8 Å². The molecule has 2 saturated heterocycles. The zero-order valence-electron chi connectivity index (χ0n) is 12.0. The maximum Gasteiger partial charge on any atom is 0.289 e.